The molecule has 0 fully saturated rings. The van der Waals surface area contributed by atoms with E-state index in [2.05, 4.69) is 11.7 Å². The van der Waals surface area contributed by atoms with Gasteiger partial charge in [-0.15, -0.1) is 0 Å². The number of nitrogens with one attached hydrogen (secondary N) is 1. The second-order valence-corrected chi connectivity index (χ2v) is 6.71. The highest BCUT2D eigenvalue weighted by atomic mass is 35.5. The van der Waals surface area contributed by atoms with Crippen LogP contribution >= 0.6 is 23.2 Å². The molecule has 0 unspecified atom stereocenters. The zero-order chi connectivity index (χ0) is 20.4. The topological polar surface area (TPSA) is 73.3 Å². The molecule has 0 aliphatic heterocycles. The molecular weight excluding hydrogens is 403 g/mol. The molecule has 0 bridgehead atoms. The van der Waals surface area contributed by atoms with Crippen molar-refractivity contribution in [1.29, 1.82) is 0 Å². The van der Waals surface area contributed by atoms with Gasteiger partial charge in [0.15, 0.2) is 11.5 Å². The van der Waals surface area contributed by atoms with Crippen LogP contribution in [0.1, 0.15) is 12.5 Å². The maximum Gasteiger partial charge on any atom is 0.308 e. The van der Waals surface area contributed by atoms with Crippen molar-refractivity contribution in [3.05, 3.63) is 72.9 Å². The molecule has 8 heteroatoms. The quantitative estimate of drug-likeness (QED) is 0.522. The van der Waals surface area contributed by atoms with Gasteiger partial charge >= 0.3 is 5.97 Å². The first kappa shape index (κ1) is 19.8. The third kappa shape index (κ3) is 3.98. The molecule has 0 saturated heterocycles. The van der Waals surface area contributed by atoms with Crippen LogP contribution in [0.5, 0.6) is 11.5 Å². The molecule has 1 N–H and O–H groups in total. The maximum absolute atomic E-state index is 12.8. The van der Waals surface area contributed by atoms with Crippen molar-refractivity contribution in [2.24, 2.45) is 0 Å². The van der Waals surface area contributed by atoms with Crippen LogP contribution in [0.25, 0.3) is 18.3 Å². The highest BCUT2D eigenvalue weighted by Gasteiger charge is 2.10. The molecule has 0 aliphatic carbocycles. The van der Waals surface area contributed by atoms with E-state index in [1.165, 1.54) is 18.7 Å². The summed E-state index contributed by atoms with van der Waals surface area (Å²) in [6, 6.07) is 9.83. The number of carbonyl (C=O) groups is 1. The Kier molecular flexibility index (Phi) is 5.63. The normalized spacial score (nSPS) is 11.5. The first-order valence-electron chi connectivity index (χ1n) is 8.13. The first-order chi connectivity index (χ1) is 13.3. The fourth-order valence-corrected chi connectivity index (χ4v) is 2.92. The standard InChI is InChI=1S/C20H16Cl2N2O4/c1-11-15(8-13-4-7-18(28-12(2)25)19(9-13)27-3)20(26)24(23-11)14-5-6-16(21)17(22)10-14/h4-10,23H,1H2,2-3H3/b15-8-. The summed E-state index contributed by atoms with van der Waals surface area (Å²) in [5.41, 5.74) is 0.910. The van der Waals surface area contributed by atoms with Crippen LogP contribution in [0.15, 0.2) is 41.2 Å². The molecule has 1 aromatic heterocycles. The number of H-pyrrole nitrogens is 1. The molecule has 28 heavy (non-hydrogen) atoms. The van der Waals surface area contributed by atoms with E-state index < -0.39 is 5.97 Å². The van der Waals surface area contributed by atoms with Gasteiger partial charge in [-0.25, -0.2) is 4.68 Å². The number of aromatic amines is 1. The van der Waals surface area contributed by atoms with Gasteiger partial charge < -0.3 is 9.47 Å². The Labute approximate surface area is 170 Å². The molecule has 3 rings (SSSR count). The van der Waals surface area contributed by atoms with Gasteiger partial charge in [-0.3, -0.25) is 14.7 Å². The summed E-state index contributed by atoms with van der Waals surface area (Å²) in [6.07, 6.45) is 1.66. The van der Waals surface area contributed by atoms with Crippen molar-refractivity contribution >= 4 is 41.8 Å². The molecule has 144 valence electrons. The summed E-state index contributed by atoms with van der Waals surface area (Å²) in [5.74, 6) is 0.212. The van der Waals surface area contributed by atoms with Crippen LogP contribution in [0.3, 0.4) is 0 Å². The van der Waals surface area contributed by atoms with Crippen molar-refractivity contribution in [1.82, 2.24) is 9.78 Å². The number of nitrogens with zero attached hydrogens (tertiary/aromatic N) is 1. The Morgan fingerprint density at radius 2 is 1.89 bits per heavy atom. The number of aromatic nitrogens is 2. The van der Waals surface area contributed by atoms with Gasteiger partial charge in [0.05, 0.1) is 33.4 Å². The van der Waals surface area contributed by atoms with Crippen LogP contribution in [-0.2, 0) is 4.79 Å². The summed E-state index contributed by atoms with van der Waals surface area (Å²) in [6.45, 7) is 5.20. The monoisotopic (exact) mass is 418 g/mol. The number of benzene rings is 2. The Morgan fingerprint density at radius 3 is 2.54 bits per heavy atom. The van der Waals surface area contributed by atoms with E-state index in [4.69, 9.17) is 32.7 Å². The number of carbonyl (C=O) groups excluding carboxylic acids is 1. The van der Waals surface area contributed by atoms with Gasteiger partial charge in [0.1, 0.15) is 0 Å². The van der Waals surface area contributed by atoms with Crippen molar-refractivity contribution in [2.45, 2.75) is 6.92 Å². The van der Waals surface area contributed by atoms with E-state index >= 15 is 0 Å². The van der Waals surface area contributed by atoms with Gasteiger partial charge in [-0.05, 0) is 42.0 Å². The third-order valence-electron chi connectivity index (χ3n) is 3.92. The second-order valence-electron chi connectivity index (χ2n) is 5.89. The lowest BCUT2D eigenvalue weighted by Crippen LogP contribution is -2.33. The van der Waals surface area contributed by atoms with Crippen LogP contribution in [0.4, 0.5) is 0 Å². The number of ether oxygens (including phenoxy) is 2. The number of rotatable bonds is 4. The SMILES string of the molecule is C=c1[nH]n(-c2ccc(Cl)c(Cl)c2)c(=O)/c1=C\c1ccc(OC(C)=O)c(OC)c1. The smallest absolute Gasteiger partial charge is 0.308 e. The Morgan fingerprint density at radius 1 is 1.14 bits per heavy atom. The molecule has 0 radical (unpaired) electrons. The Balaban J connectivity index is 2.10. The van der Waals surface area contributed by atoms with Gasteiger partial charge in [0.25, 0.3) is 5.56 Å². The van der Waals surface area contributed by atoms with E-state index in [9.17, 15) is 9.59 Å². The van der Waals surface area contributed by atoms with E-state index in [1.807, 2.05) is 0 Å². The fourth-order valence-electron chi connectivity index (χ4n) is 2.63. The van der Waals surface area contributed by atoms with E-state index in [-0.39, 0.29) is 5.56 Å². The third-order valence-corrected chi connectivity index (χ3v) is 4.66. The molecule has 0 spiro atoms. The van der Waals surface area contributed by atoms with Crippen LogP contribution in [0.2, 0.25) is 10.0 Å². The minimum Gasteiger partial charge on any atom is -0.493 e. The zero-order valence-electron chi connectivity index (χ0n) is 15.1. The summed E-state index contributed by atoms with van der Waals surface area (Å²) in [7, 11) is 1.46. The van der Waals surface area contributed by atoms with Gasteiger partial charge in [0.2, 0.25) is 0 Å². The second kappa shape index (κ2) is 7.96. The molecule has 0 amide bonds. The van der Waals surface area contributed by atoms with Gasteiger partial charge in [-0.2, -0.15) is 0 Å². The van der Waals surface area contributed by atoms with E-state index in [0.29, 0.717) is 43.4 Å². The lowest BCUT2D eigenvalue weighted by Gasteiger charge is -2.08. The number of halogens is 2. The highest BCUT2D eigenvalue weighted by molar-refractivity contribution is 6.42. The molecule has 0 aliphatic rings. The molecule has 2 aromatic carbocycles. The van der Waals surface area contributed by atoms with Crippen LogP contribution in [-0.4, -0.2) is 22.9 Å². The zero-order valence-corrected chi connectivity index (χ0v) is 16.6. The van der Waals surface area contributed by atoms with Gasteiger partial charge in [0, 0.05) is 6.92 Å². The average Bonchev–Trinajstić information content (AvgIpc) is 2.93. The van der Waals surface area contributed by atoms with Crippen molar-refractivity contribution in [3.8, 4) is 17.2 Å². The molecule has 0 saturated carbocycles. The summed E-state index contributed by atoms with van der Waals surface area (Å²) in [5, 5.41) is 4.45. The lowest BCUT2D eigenvalue weighted by atomic mass is 10.1. The summed E-state index contributed by atoms with van der Waals surface area (Å²) < 4.78 is 11.7. The molecular formula is C20H16Cl2N2O4. The average molecular weight is 419 g/mol. The molecule has 0 atom stereocenters. The van der Waals surface area contributed by atoms with Crippen LogP contribution in [0, 0.1) is 0 Å². The number of esters is 1. The predicted molar refractivity (Wildman–Crippen MR) is 109 cm³/mol. The Bertz CT molecular complexity index is 1230. The fraction of sp³-hybridized carbons (Fsp3) is 0.100. The molecule has 3 aromatic rings. The lowest BCUT2D eigenvalue weighted by molar-refractivity contribution is -0.132. The summed E-state index contributed by atoms with van der Waals surface area (Å²) >= 11 is 12.0. The van der Waals surface area contributed by atoms with Crippen molar-refractivity contribution in [2.75, 3.05) is 7.11 Å². The van der Waals surface area contributed by atoms with Crippen molar-refractivity contribution in [3.63, 3.8) is 0 Å². The minimum absolute atomic E-state index is 0.296. The van der Waals surface area contributed by atoms with Crippen molar-refractivity contribution < 1.29 is 14.3 Å². The maximum atomic E-state index is 12.8. The largest absolute Gasteiger partial charge is 0.493 e. The summed E-state index contributed by atoms with van der Waals surface area (Å²) in [4.78, 5) is 24.0. The van der Waals surface area contributed by atoms with Gasteiger partial charge in [-0.1, -0.05) is 35.8 Å². The highest BCUT2D eigenvalue weighted by Crippen LogP contribution is 2.28. The predicted octanol–water partition coefficient (Wildman–Crippen LogP) is 2.65. The number of hydrogen-bond donors (Lipinski definition) is 1. The number of hydrogen-bond acceptors (Lipinski definition) is 4. The first-order valence-corrected chi connectivity index (χ1v) is 8.89. The van der Waals surface area contributed by atoms with Crippen LogP contribution < -0.4 is 25.6 Å². The molecule has 1 heterocycles. The van der Waals surface area contributed by atoms with E-state index in [1.54, 1.807) is 42.5 Å². The van der Waals surface area contributed by atoms with E-state index in [0.717, 1.165) is 0 Å². The minimum atomic E-state index is -0.453. The number of methoxy groups -OCH3 is 1. The molecule has 6 nitrogen and oxygen atoms in total. The Hall–Kier alpha value is -2.96.